The van der Waals surface area contributed by atoms with Crippen molar-refractivity contribution in [2.24, 2.45) is 0 Å². The van der Waals surface area contributed by atoms with Gasteiger partial charge in [-0.15, -0.1) is 0 Å². The van der Waals surface area contributed by atoms with Crippen molar-refractivity contribution in [3.8, 4) is 5.75 Å². The van der Waals surface area contributed by atoms with Crippen LogP contribution in [0.5, 0.6) is 5.75 Å². The highest BCUT2D eigenvalue weighted by atomic mass is 19.1. The molecule has 0 bridgehead atoms. The number of halogens is 1. The van der Waals surface area contributed by atoms with Crippen molar-refractivity contribution in [2.45, 2.75) is 77.9 Å². The Hall–Kier alpha value is -1.91. The van der Waals surface area contributed by atoms with E-state index in [-0.39, 0.29) is 23.3 Å². The van der Waals surface area contributed by atoms with Crippen molar-refractivity contribution in [1.82, 2.24) is 0 Å². The molecule has 0 unspecified atom stereocenters. The summed E-state index contributed by atoms with van der Waals surface area (Å²) in [6.07, 6.45) is 1.78. The first-order valence-corrected chi connectivity index (χ1v) is 11.9. The second-order valence-electron chi connectivity index (χ2n) is 11.6. The predicted octanol–water partition coefficient (Wildman–Crippen LogP) is 5.97. The summed E-state index contributed by atoms with van der Waals surface area (Å²) in [6, 6.07) is 13.2. The van der Waals surface area contributed by atoms with Gasteiger partial charge in [0, 0.05) is 18.4 Å². The molecule has 32 heavy (non-hydrogen) atoms. The van der Waals surface area contributed by atoms with Gasteiger partial charge in [0.05, 0.1) is 13.1 Å². The molecule has 1 aliphatic rings. The van der Waals surface area contributed by atoms with Crippen LogP contribution in [-0.2, 0) is 17.4 Å². The summed E-state index contributed by atoms with van der Waals surface area (Å²) in [4.78, 5) is 0. The Bertz CT molecular complexity index is 887. The van der Waals surface area contributed by atoms with Crippen LogP contribution in [-0.4, -0.2) is 41.9 Å². The van der Waals surface area contributed by atoms with Gasteiger partial charge >= 0.3 is 0 Å². The molecule has 1 N–H and O–H groups in total. The fourth-order valence-corrected chi connectivity index (χ4v) is 4.78. The molecule has 1 aliphatic heterocycles. The van der Waals surface area contributed by atoms with Gasteiger partial charge in [-0.25, -0.2) is 4.39 Å². The highest BCUT2D eigenvalue weighted by molar-refractivity contribution is 5.43. The molecular weight excluding hydrogens is 401 g/mol. The van der Waals surface area contributed by atoms with Gasteiger partial charge in [-0.1, -0.05) is 65.8 Å². The van der Waals surface area contributed by atoms with E-state index in [1.807, 2.05) is 12.1 Å². The van der Waals surface area contributed by atoms with E-state index in [1.165, 1.54) is 23.3 Å². The molecule has 1 atom stereocenters. The number of aliphatic hydroxyl groups is 1. The molecule has 0 amide bonds. The number of nitrogens with zero attached hydrogens (tertiary/aromatic N) is 1. The molecule has 1 fully saturated rings. The van der Waals surface area contributed by atoms with Crippen molar-refractivity contribution in [2.75, 3.05) is 26.2 Å². The van der Waals surface area contributed by atoms with E-state index < -0.39 is 6.10 Å². The molecule has 1 saturated heterocycles. The number of likely N-dealkylation sites (tertiary alicyclic amines) is 1. The fraction of sp³-hybridized carbons (Fsp3) is 0.571. The Labute approximate surface area is 193 Å². The Morgan fingerprint density at radius 2 is 1.56 bits per heavy atom. The summed E-state index contributed by atoms with van der Waals surface area (Å²) in [5, 5.41) is 10.9. The summed E-state index contributed by atoms with van der Waals surface area (Å²) < 4.78 is 20.4. The smallest absolute Gasteiger partial charge is 0.137 e. The zero-order valence-corrected chi connectivity index (χ0v) is 20.7. The normalized spacial score (nSPS) is 17.4. The maximum absolute atomic E-state index is 13.3. The van der Waals surface area contributed by atoms with Gasteiger partial charge in [0.2, 0.25) is 0 Å². The summed E-state index contributed by atoms with van der Waals surface area (Å²) in [5.74, 6) is 0.651. The molecule has 176 valence electrons. The van der Waals surface area contributed by atoms with Gasteiger partial charge in [-0.05, 0) is 40.2 Å². The standard InChI is InChI=1S/C28H41FNO2/c1-27(2,3)22-11-14-26(25(17-22)28(4,5)6)32-20-24(31)19-30(15-7-8-16-30)18-21-9-12-23(29)13-10-21/h9-14,17,24,31H,7-8,15-16,18-20H2,1-6H3/q+1/t24-/m0/s1. The molecular formula is C28H41FNO2+. The Morgan fingerprint density at radius 1 is 0.938 bits per heavy atom. The number of benzene rings is 2. The highest BCUT2D eigenvalue weighted by Gasteiger charge is 2.35. The first kappa shape index (κ1) is 24.7. The van der Waals surface area contributed by atoms with Crippen LogP contribution < -0.4 is 4.74 Å². The molecule has 0 aromatic heterocycles. The third-order valence-corrected chi connectivity index (χ3v) is 6.63. The minimum atomic E-state index is -0.552. The quantitative estimate of drug-likeness (QED) is 0.535. The lowest BCUT2D eigenvalue weighted by Crippen LogP contribution is -2.50. The monoisotopic (exact) mass is 442 g/mol. The van der Waals surface area contributed by atoms with Gasteiger partial charge in [-0.2, -0.15) is 0 Å². The van der Waals surface area contributed by atoms with E-state index in [9.17, 15) is 9.50 Å². The van der Waals surface area contributed by atoms with E-state index in [0.717, 1.165) is 48.3 Å². The maximum Gasteiger partial charge on any atom is 0.137 e. The number of rotatable bonds is 7. The Morgan fingerprint density at radius 3 is 2.12 bits per heavy atom. The summed E-state index contributed by atoms with van der Waals surface area (Å²) in [5.41, 5.74) is 3.61. The van der Waals surface area contributed by atoms with Crippen LogP contribution in [0.25, 0.3) is 0 Å². The van der Waals surface area contributed by atoms with E-state index >= 15 is 0 Å². The van der Waals surface area contributed by atoms with Crippen LogP contribution in [0.1, 0.15) is 71.1 Å². The zero-order chi connectivity index (χ0) is 23.6. The second-order valence-corrected chi connectivity index (χ2v) is 11.6. The molecule has 4 heteroatoms. The lowest BCUT2D eigenvalue weighted by atomic mass is 9.80. The molecule has 2 aromatic rings. The molecule has 0 aliphatic carbocycles. The van der Waals surface area contributed by atoms with Gasteiger partial charge in [0.25, 0.3) is 0 Å². The van der Waals surface area contributed by atoms with Crippen LogP contribution in [0.15, 0.2) is 42.5 Å². The Kier molecular flexibility index (Phi) is 7.36. The molecule has 2 aromatic carbocycles. The van der Waals surface area contributed by atoms with Crippen LogP contribution in [0, 0.1) is 5.82 Å². The second kappa shape index (κ2) is 9.52. The number of ether oxygens (including phenoxy) is 1. The number of quaternary nitrogens is 1. The van der Waals surface area contributed by atoms with Crippen LogP contribution >= 0.6 is 0 Å². The number of hydrogen-bond acceptors (Lipinski definition) is 2. The van der Waals surface area contributed by atoms with Gasteiger partial charge in [0.1, 0.15) is 37.4 Å². The first-order chi connectivity index (χ1) is 14.9. The summed E-state index contributed by atoms with van der Waals surface area (Å²) in [6.45, 7) is 17.1. The van der Waals surface area contributed by atoms with Crippen LogP contribution in [0.2, 0.25) is 0 Å². The average molecular weight is 443 g/mol. The van der Waals surface area contributed by atoms with Gasteiger partial charge in [-0.3, -0.25) is 0 Å². The molecule has 1 heterocycles. The van der Waals surface area contributed by atoms with Crippen molar-refractivity contribution >= 4 is 0 Å². The number of aliphatic hydroxyl groups excluding tert-OH is 1. The average Bonchev–Trinajstić information content (AvgIpc) is 3.14. The minimum absolute atomic E-state index is 0.0487. The predicted molar refractivity (Wildman–Crippen MR) is 130 cm³/mol. The SMILES string of the molecule is CC(C)(C)c1ccc(OC[C@@H](O)C[N+]2(Cc3ccc(F)cc3)CCCC2)c(C(C)(C)C)c1. The summed E-state index contributed by atoms with van der Waals surface area (Å²) in [7, 11) is 0. The Balaban J connectivity index is 1.70. The molecule has 0 radical (unpaired) electrons. The van der Waals surface area contributed by atoms with Crippen molar-refractivity contribution < 1.29 is 18.7 Å². The van der Waals surface area contributed by atoms with Gasteiger partial charge in [0.15, 0.2) is 0 Å². The van der Waals surface area contributed by atoms with E-state index in [0.29, 0.717) is 6.54 Å². The lowest BCUT2D eigenvalue weighted by molar-refractivity contribution is -0.932. The largest absolute Gasteiger partial charge is 0.490 e. The van der Waals surface area contributed by atoms with E-state index in [1.54, 1.807) is 0 Å². The molecule has 3 nitrogen and oxygen atoms in total. The third-order valence-electron chi connectivity index (χ3n) is 6.63. The lowest BCUT2D eigenvalue weighted by Gasteiger charge is -2.36. The van der Waals surface area contributed by atoms with Crippen LogP contribution in [0.4, 0.5) is 4.39 Å². The first-order valence-electron chi connectivity index (χ1n) is 11.9. The van der Waals surface area contributed by atoms with Crippen molar-refractivity contribution in [3.05, 3.63) is 65.0 Å². The highest BCUT2D eigenvalue weighted by Crippen LogP contribution is 2.35. The van der Waals surface area contributed by atoms with Crippen molar-refractivity contribution in [3.63, 3.8) is 0 Å². The maximum atomic E-state index is 13.3. The third kappa shape index (κ3) is 6.32. The van der Waals surface area contributed by atoms with Crippen molar-refractivity contribution in [1.29, 1.82) is 0 Å². The topological polar surface area (TPSA) is 29.5 Å². The summed E-state index contributed by atoms with van der Waals surface area (Å²) >= 11 is 0. The van der Waals surface area contributed by atoms with Crippen LogP contribution in [0.3, 0.4) is 0 Å². The fourth-order valence-electron chi connectivity index (χ4n) is 4.78. The number of hydrogen-bond donors (Lipinski definition) is 1. The molecule has 0 spiro atoms. The molecule has 3 rings (SSSR count). The van der Waals surface area contributed by atoms with Gasteiger partial charge < -0.3 is 14.3 Å². The van der Waals surface area contributed by atoms with E-state index in [2.05, 4.69) is 59.7 Å². The molecule has 0 saturated carbocycles. The van der Waals surface area contributed by atoms with E-state index in [4.69, 9.17) is 4.74 Å². The zero-order valence-electron chi connectivity index (χ0n) is 20.7. The minimum Gasteiger partial charge on any atom is -0.490 e.